The Morgan fingerprint density at radius 2 is 1.84 bits per heavy atom. The Labute approximate surface area is 150 Å². The molecular formula is C21H28N4. The Bertz CT molecular complexity index is 703. The van der Waals surface area contributed by atoms with Crippen LogP contribution in [0.2, 0.25) is 0 Å². The number of aryl methyl sites for hydroxylation is 1. The minimum atomic E-state index is 0.222. The van der Waals surface area contributed by atoms with Crippen LogP contribution in [0.5, 0.6) is 0 Å². The first-order valence-corrected chi connectivity index (χ1v) is 9.14. The molecule has 0 unspecified atom stereocenters. The quantitative estimate of drug-likeness (QED) is 0.648. The topological polar surface area (TPSA) is 49.3 Å². The van der Waals surface area contributed by atoms with Crippen molar-refractivity contribution in [3.8, 4) is 0 Å². The lowest BCUT2D eigenvalue weighted by molar-refractivity contribution is 0.431. The third kappa shape index (κ3) is 4.19. The summed E-state index contributed by atoms with van der Waals surface area (Å²) in [4.78, 5) is 8.82. The SMILES string of the molecule is CN=C(NCc1ncccc1C)NCC1(c2ccccc2)CCCC1. The van der Waals surface area contributed by atoms with Gasteiger partial charge >= 0.3 is 0 Å². The van der Waals surface area contributed by atoms with Gasteiger partial charge in [-0.15, -0.1) is 0 Å². The Kier molecular flexibility index (Phi) is 5.69. The zero-order chi connectivity index (χ0) is 17.5. The summed E-state index contributed by atoms with van der Waals surface area (Å²) in [6.07, 6.45) is 6.91. The molecule has 4 nitrogen and oxygen atoms in total. The summed E-state index contributed by atoms with van der Waals surface area (Å²) < 4.78 is 0. The zero-order valence-corrected chi connectivity index (χ0v) is 15.3. The molecule has 1 fully saturated rings. The molecule has 0 spiro atoms. The van der Waals surface area contributed by atoms with E-state index >= 15 is 0 Å². The number of rotatable bonds is 5. The molecule has 1 aliphatic carbocycles. The molecule has 0 radical (unpaired) electrons. The molecule has 0 aliphatic heterocycles. The van der Waals surface area contributed by atoms with E-state index in [0.29, 0.717) is 6.54 Å². The lowest BCUT2D eigenvalue weighted by Crippen LogP contribution is -2.44. The summed E-state index contributed by atoms with van der Waals surface area (Å²) in [5.74, 6) is 0.840. The molecule has 1 saturated carbocycles. The largest absolute Gasteiger partial charge is 0.356 e. The number of aliphatic imine (C=N–C) groups is 1. The third-order valence-electron chi connectivity index (χ3n) is 5.31. The second-order valence-electron chi connectivity index (χ2n) is 6.90. The number of aromatic nitrogens is 1. The molecule has 2 aromatic rings. The molecule has 1 aromatic carbocycles. The van der Waals surface area contributed by atoms with Crippen LogP contribution in [0.4, 0.5) is 0 Å². The highest BCUT2D eigenvalue weighted by molar-refractivity contribution is 5.79. The van der Waals surface area contributed by atoms with Crippen LogP contribution in [0.3, 0.4) is 0 Å². The smallest absolute Gasteiger partial charge is 0.191 e. The molecule has 0 bridgehead atoms. The van der Waals surface area contributed by atoms with Gasteiger partial charge in [0.1, 0.15) is 0 Å². The summed E-state index contributed by atoms with van der Waals surface area (Å²) in [5, 5.41) is 6.95. The summed E-state index contributed by atoms with van der Waals surface area (Å²) in [6.45, 7) is 3.69. The fourth-order valence-corrected chi connectivity index (χ4v) is 3.76. The fourth-order valence-electron chi connectivity index (χ4n) is 3.76. The number of nitrogens with one attached hydrogen (secondary N) is 2. The number of guanidine groups is 1. The lowest BCUT2D eigenvalue weighted by Gasteiger charge is -2.30. The Morgan fingerprint density at radius 1 is 1.08 bits per heavy atom. The molecule has 3 rings (SSSR count). The van der Waals surface area contributed by atoms with Crippen LogP contribution in [0, 0.1) is 6.92 Å². The van der Waals surface area contributed by atoms with Crippen molar-refractivity contribution >= 4 is 5.96 Å². The molecule has 0 saturated heterocycles. The van der Waals surface area contributed by atoms with Gasteiger partial charge in [-0.3, -0.25) is 9.98 Å². The van der Waals surface area contributed by atoms with E-state index < -0.39 is 0 Å². The molecule has 2 N–H and O–H groups in total. The summed E-state index contributed by atoms with van der Waals surface area (Å²) in [7, 11) is 1.82. The van der Waals surface area contributed by atoms with Gasteiger partial charge in [-0.2, -0.15) is 0 Å². The normalized spacial score (nSPS) is 16.6. The second-order valence-corrected chi connectivity index (χ2v) is 6.90. The molecule has 0 atom stereocenters. The highest BCUT2D eigenvalue weighted by Gasteiger charge is 2.35. The Hall–Kier alpha value is -2.36. The standard InChI is InChI=1S/C21H28N4/c1-17-9-8-14-23-19(17)15-24-20(22-2)25-16-21(12-6-7-13-21)18-10-4-3-5-11-18/h3-5,8-11,14H,6-7,12-13,15-16H2,1-2H3,(H2,22,24,25). The number of benzene rings is 1. The average Bonchev–Trinajstić information content (AvgIpc) is 3.14. The predicted molar refractivity (Wildman–Crippen MR) is 104 cm³/mol. The van der Waals surface area contributed by atoms with Crippen molar-refractivity contribution in [2.45, 2.75) is 44.6 Å². The van der Waals surface area contributed by atoms with E-state index in [0.717, 1.165) is 18.2 Å². The maximum absolute atomic E-state index is 4.44. The van der Waals surface area contributed by atoms with E-state index in [9.17, 15) is 0 Å². The van der Waals surface area contributed by atoms with Gasteiger partial charge in [0.25, 0.3) is 0 Å². The predicted octanol–water partition coefficient (Wildman–Crippen LogP) is 3.57. The third-order valence-corrected chi connectivity index (χ3v) is 5.31. The minimum Gasteiger partial charge on any atom is -0.356 e. The first-order valence-electron chi connectivity index (χ1n) is 9.14. The van der Waals surface area contributed by atoms with Gasteiger partial charge in [-0.25, -0.2) is 0 Å². The molecule has 4 heteroatoms. The lowest BCUT2D eigenvalue weighted by atomic mass is 9.79. The number of hydrogen-bond donors (Lipinski definition) is 2. The Morgan fingerprint density at radius 3 is 2.52 bits per heavy atom. The van der Waals surface area contributed by atoms with Crippen LogP contribution in [-0.4, -0.2) is 24.5 Å². The number of nitrogens with zero attached hydrogens (tertiary/aromatic N) is 2. The van der Waals surface area contributed by atoms with Crippen LogP contribution in [0.15, 0.2) is 53.7 Å². The van der Waals surface area contributed by atoms with Crippen LogP contribution in [0.25, 0.3) is 0 Å². The van der Waals surface area contributed by atoms with Crippen molar-refractivity contribution < 1.29 is 0 Å². The molecule has 132 valence electrons. The van der Waals surface area contributed by atoms with Gasteiger partial charge < -0.3 is 10.6 Å². The van der Waals surface area contributed by atoms with Crippen LogP contribution in [-0.2, 0) is 12.0 Å². The zero-order valence-electron chi connectivity index (χ0n) is 15.3. The van der Waals surface area contributed by atoms with Gasteiger partial charge in [0.15, 0.2) is 5.96 Å². The molecule has 1 aliphatic rings. The highest BCUT2D eigenvalue weighted by atomic mass is 15.2. The first-order chi connectivity index (χ1) is 12.2. The first kappa shape index (κ1) is 17.5. The van der Waals surface area contributed by atoms with Crippen molar-refractivity contribution in [1.82, 2.24) is 15.6 Å². The maximum atomic E-state index is 4.44. The summed E-state index contributed by atoms with van der Waals surface area (Å²) in [6, 6.07) is 15.0. The second kappa shape index (κ2) is 8.15. The van der Waals surface area contributed by atoms with Crippen molar-refractivity contribution in [1.29, 1.82) is 0 Å². The van der Waals surface area contributed by atoms with Crippen molar-refractivity contribution in [3.63, 3.8) is 0 Å². The van der Waals surface area contributed by atoms with Gasteiger partial charge in [0.2, 0.25) is 0 Å². The van der Waals surface area contributed by atoms with Gasteiger partial charge in [-0.1, -0.05) is 49.2 Å². The van der Waals surface area contributed by atoms with Gasteiger partial charge in [0.05, 0.1) is 12.2 Å². The fraction of sp³-hybridized carbons (Fsp3) is 0.429. The average molecular weight is 336 g/mol. The number of hydrogen-bond acceptors (Lipinski definition) is 2. The number of pyridine rings is 1. The monoisotopic (exact) mass is 336 g/mol. The van der Waals surface area contributed by atoms with Crippen molar-refractivity contribution in [2.24, 2.45) is 4.99 Å². The minimum absolute atomic E-state index is 0.222. The van der Waals surface area contributed by atoms with E-state index in [-0.39, 0.29) is 5.41 Å². The van der Waals surface area contributed by atoms with E-state index in [1.165, 1.54) is 36.8 Å². The van der Waals surface area contributed by atoms with Gasteiger partial charge in [0, 0.05) is 25.2 Å². The molecule has 25 heavy (non-hydrogen) atoms. The van der Waals surface area contributed by atoms with Crippen molar-refractivity contribution in [2.75, 3.05) is 13.6 Å². The van der Waals surface area contributed by atoms with E-state index in [1.807, 2.05) is 19.3 Å². The summed E-state index contributed by atoms with van der Waals surface area (Å²) >= 11 is 0. The van der Waals surface area contributed by atoms with E-state index in [2.05, 4.69) is 63.9 Å². The van der Waals surface area contributed by atoms with Crippen LogP contribution in [0.1, 0.15) is 42.5 Å². The van der Waals surface area contributed by atoms with E-state index in [1.54, 1.807) is 0 Å². The van der Waals surface area contributed by atoms with Crippen molar-refractivity contribution in [3.05, 3.63) is 65.5 Å². The van der Waals surface area contributed by atoms with Crippen LogP contribution >= 0.6 is 0 Å². The van der Waals surface area contributed by atoms with Crippen LogP contribution < -0.4 is 10.6 Å². The maximum Gasteiger partial charge on any atom is 0.191 e. The molecule has 0 amide bonds. The van der Waals surface area contributed by atoms with E-state index in [4.69, 9.17) is 0 Å². The molecule has 1 heterocycles. The Balaban J connectivity index is 1.63. The molecular weight excluding hydrogens is 308 g/mol. The summed E-state index contributed by atoms with van der Waals surface area (Å²) in [5.41, 5.74) is 3.92. The highest BCUT2D eigenvalue weighted by Crippen LogP contribution is 2.40. The van der Waals surface area contributed by atoms with Gasteiger partial charge in [-0.05, 0) is 37.0 Å². The molecule has 1 aromatic heterocycles.